The van der Waals surface area contributed by atoms with E-state index >= 15 is 0 Å². The molecule has 6 heteroatoms. The third-order valence-electron chi connectivity index (χ3n) is 3.77. The SMILES string of the molecule is NC[C@H]1CC[C@@H](C(=O)NCc2ncoc2-c2ccccc2)O1. The average molecular weight is 301 g/mol. The number of hydrogen-bond acceptors (Lipinski definition) is 5. The van der Waals surface area contributed by atoms with E-state index in [2.05, 4.69) is 10.3 Å². The van der Waals surface area contributed by atoms with Crippen LogP contribution in [0.2, 0.25) is 0 Å². The molecule has 116 valence electrons. The van der Waals surface area contributed by atoms with E-state index in [4.69, 9.17) is 14.9 Å². The van der Waals surface area contributed by atoms with Gasteiger partial charge in [-0.2, -0.15) is 0 Å². The van der Waals surface area contributed by atoms with Crippen LogP contribution in [-0.2, 0) is 16.1 Å². The van der Waals surface area contributed by atoms with Crippen LogP contribution in [-0.4, -0.2) is 29.6 Å². The first kappa shape index (κ1) is 14.7. The summed E-state index contributed by atoms with van der Waals surface area (Å²) in [6.45, 7) is 0.762. The van der Waals surface area contributed by atoms with Crippen LogP contribution in [0.15, 0.2) is 41.1 Å². The smallest absolute Gasteiger partial charge is 0.249 e. The minimum absolute atomic E-state index is 0.0114. The van der Waals surface area contributed by atoms with Gasteiger partial charge in [-0.15, -0.1) is 0 Å². The Kier molecular flexibility index (Phi) is 4.50. The lowest BCUT2D eigenvalue weighted by Gasteiger charge is -2.12. The lowest BCUT2D eigenvalue weighted by Crippen LogP contribution is -2.35. The molecule has 22 heavy (non-hydrogen) atoms. The average Bonchev–Trinajstić information content (AvgIpc) is 3.22. The number of nitrogens with zero attached hydrogens (tertiary/aromatic N) is 1. The quantitative estimate of drug-likeness (QED) is 0.872. The van der Waals surface area contributed by atoms with Gasteiger partial charge in [0.25, 0.3) is 0 Å². The first-order valence-electron chi connectivity index (χ1n) is 7.39. The van der Waals surface area contributed by atoms with Gasteiger partial charge in [-0.05, 0) is 12.8 Å². The molecule has 6 nitrogen and oxygen atoms in total. The number of oxazole rings is 1. The predicted molar refractivity (Wildman–Crippen MR) is 80.7 cm³/mol. The number of hydrogen-bond donors (Lipinski definition) is 2. The molecule has 1 aromatic heterocycles. The predicted octanol–water partition coefficient (Wildman–Crippen LogP) is 1.46. The molecule has 0 radical (unpaired) electrons. The monoisotopic (exact) mass is 301 g/mol. The minimum atomic E-state index is -0.416. The molecule has 0 unspecified atom stereocenters. The minimum Gasteiger partial charge on any atom is -0.443 e. The maximum Gasteiger partial charge on any atom is 0.249 e. The third kappa shape index (κ3) is 3.18. The molecule has 0 aliphatic carbocycles. The summed E-state index contributed by atoms with van der Waals surface area (Å²) in [6, 6.07) is 9.68. The van der Waals surface area contributed by atoms with Crippen LogP contribution < -0.4 is 11.1 Å². The van der Waals surface area contributed by atoms with E-state index in [9.17, 15) is 4.79 Å². The van der Waals surface area contributed by atoms with Gasteiger partial charge in [-0.3, -0.25) is 4.79 Å². The highest BCUT2D eigenvalue weighted by Gasteiger charge is 2.29. The maximum atomic E-state index is 12.1. The van der Waals surface area contributed by atoms with Crippen molar-refractivity contribution in [2.24, 2.45) is 5.73 Å². The highest BCUT2D eigenvalue weighted by molar-refractivity contribution is 5.81. The summed E-state index contributed by atoms with van der Waals surface area (Å²) in [5.41, 5.74) is 7.19. The van der Waals surface area contributed by atoms with E-state index in [1.165, 1.54) is 6.39 Å². The van der Waals surface area contributed by atoms with Crippen molar-refractivity contribution in [1.29, 1.82) is 0 Å². The number of nitrogens with one attached hydrogen (secondary N) is 1. The van der Waals surface area contributed by atoms with Crippen LogP contribution in [0.5, 0.6) is 0 Å². The summed E-state index contributed by atoms with van der Waals surface area (Å²) in [5, 5.41) is 2.85. The van der Waals surface area contributed by atoms with E-state index in [1.54, 1.807) is 0 Å². The number of amides is 1. The van der Waals surface area contributed by atoms with Gasteiger partial charge < -0.3 is 20.2 Å². The van der Waals surface area contributed by atoms with Gasteiger partial charge in [-0.1, -0.05) is 30.3 Å². The normalized spacial score (nSPS) is 21.0. The van der Waals surface area contributed by atoms with Crippen LogP contribution in [0.3, 0.4) is 0 Å². The number of rotatable bonds is 5. The number of carbonyl (C=O) groups is 1. The molecule has 2 aromatic rings. The fraction of sp³-hybridized carbons (Fsp3) is 0.375. The zero-order valence-corrected chi connectivity index (χ0v) is 12.2. The number of benzene rings is 1. The lowest BCUT2D eigenvalue weighted by atomic mass is 10.1. The van der Waals surface area contributed by atoms with E-state index in [-0.39, 0.29) is 12.0 Å². The Morgan fingerprint density at radius 3 is 2.86 bits per heavy atom. The van der Waals surface area contributed by atoms with Gasteiger partial charge in [0, 0.05) is 12.1 Å². The van der Waals surface area contributed by atoms with Crippen molar-refractivity contribution in [3.63, 3.8) is 0 Å². The van der Waals surface area contributed by atoms with Gasteiger partial charge >= 0.3 is 0 Å². The van der Waals surface area contributed by atoms with Gasteiger partial charge in [0.15, 0.2) is 12.2 Å². The Balaban J connectivity index is 1.61. The number of aromatic nitrogens is 1. The second kappa shape index (κ2) is 6.72. The summed E-state index contributed by atoms with van der Waals surface area (Å²) in [7, 11) is 0. The van der Waals surface area contributed by atoms with Crippen LogP contribution in [0.4, 0.5) is 0 Å². The van der Waals surface area contributed by atoms with E-state index in [0.717, 1.165) is 12.0 Å². The molecule has 0 spiro atoms. The maximum absolute atomic E-state index is 12.1. The lowest BCUT2D eigenvalue weighted by molar-refractivity contribution is -0.132. The molecule has 1 amide bonds. The first-order valence-corrected chi connectivity index (χ1v) is 7.39. The van der Waals surface area contributed by atoms with Crippen molar-refractivity contribution in [3.8, 4) is 11.3 Å². The Morgan fingerprint density at radius 2 is 2.14 bits per heavy atom. The van der Waals surface area contributed by atoms with Gasteiger partial charge in [-0.25, -0.2) is 4.98 Å². The second-order valence-corrected chi connectivity index (χ2v) is 5.27. The standard InChI is InChI=1S/C16H19N3O3/c17-8-12-6-7-14(22-12)16(20)18-9-13-15(21-10-19-13)11-4-2-1-3-5-11/h1-5,10,12,14H,6-9,17H2,(H,18,20)/t12-,14+/m1/s1. The summed E-state index contributed by atoms with van der Waals surface area (Å²) >= 11 is 0. The highest BCUT2D eigenvalue weighted by Crippen LogP contribution is 2.23. The van der Waals surface area contributed by atoms with Crippen LogP contribution in [0, 0.1) is 0 Å². The molecule has 1 aliphatic rings. The second-order valence-electron chi connectivity index (χ2n) is 5.27. The fourth-order valence-corrected chi connectivity index (χ4v) is 2.58. The van der Waals surface area contributed by atoms with Crippen molar-refractivity contribution in [3.05, 3.63) is 42.4 Å². The van der Waals surface area contributed by atoms with E-state index < -0.39 is 6.10 Å². The zero-order chi connectivity index (χ0) is 15.4. The van der Waals surface area contributed by atoms with Crippen LogP contribution in [0.25, 0.3) is 11.3 Å². The molecule has 3 N–H and O–H groups in total. The largest absolute Gasteiger partial charge is 0.443 e. The van der Waals surface area contributed by atoms with Gasteiger partial charge in [0.2, 0.25) is 5.91 Å². The molecule has 1 fully saturated rings. The van der Waals surface area contributed by atoms with Gasteiger partial charge in [0.1, 0.15) is 11.8 Å². The van der Waals surface area contributed by atoms with Crippen molar-refractivity contribution >= 4 is 5.91 Å². The summed E-state index contributed by atoms with van der Waals surface area (Å²) in [6.07, 6.45) is 2.50. The van der Waals surface area contributed by atoms with E-state index in [1.807, 2.05) is 30.3 Å². The summed E-state index contributed by atoms with van der Waals surface area (Å²) in [4.78, 5) is 16.3. The molecule has 1 aromatic carbocycles. The Bertz CT molecular complexity index is 627. The Hall–Kier alpha value is -2.18. The Labute approximate surface area is 128 Å². The summed E-state index contributed by atoms with van der Waals surface area (Å²) in [5.74, 6) is 0.547. The van der Waals surface area contributed by atoms with Crippen molar-refractivity contribution in [1.82, 2.24) is 10.3 Å². The molecule has 0 saturated carbocycles. The van der Waals surface area contributed by atoms with Crippen LogP contribution >= 0.6 is 0 Å². The highest BCUT2D eigenvalue weighted by atomic mass is 16.5. The number of carbonyl (C=O) groups excluding carboxylic acids is 1. The topological polar surface area (TPSA) is 90.4 Å². The van der Waals surface area contributed by atoms with Crippen molar-refractivity contribution in [2.75, 3.05) is 6.54 Å². The molecule has 1 saturated heterocycles. The fourth-order valence-electron chi connectivity index (χ4n) is 2.58. The molecule has 3 rings (SSSR count). The zero-order valence-electron chi connectivity index (χ0n) is 12.2. The Morgan fingerprint density at radius 1 is 1.32 bits per heavy atom. The summed E-state index contributed by atoms with van der Waals surface area (Å²) < 4.78 is 11.0. The molecule has 1 aliphatic heterocycles. The molecule has 2 heterocycles. The first-order chi connectivity index (χ1) is 10.8. The molecular formula is C16H19N3O3. The van der Waals surface area contributed by atoms with Crippen LogP contribution in [0.1, 0.15) is 18.5 Å². The van der Waals surface area contributed by atoms with Crippen molar-refractivity contribution < 1.29 is 13.9 Å². The third-order valence-corrected chi connectivity index (χ3v) is 3.77. The number of nitrogens with two attached hydrogens (primary N) is 1. The number of ether oxygens (including phenoxy) is 1. The molecule has 2 atom stereocenters. The van der Waals surface area contributed by atoms with E-state index in [0.29, 0.717) is 31.0 Å². The van der Waals surface area contributed by atoms with Gasteiger partial charge in [0.05, 0.1) is 12.6 Å². The van der Waals surface area contributed by atoms with Crippen molar-refractivity contribution in [2.45, 2.75) is 31.6 Å². The molecular weight excluding hydrogens is 282 g/mol. The molecule has 0 bridgehead atoms.